The first-order valence-electron chi connectivity index (χ1n) is 8.49. The van der Waals surface area contributed by atoms with E-state index in [1.807, 2.05) is 0 Å². The Labute approximate surface area is 129 Å². The van der Waals surface area contributed by atoms with Gasteiger partial charge in [-0.15, -0.1) is 5.92 Å². The number of carbonyl (C=O) groups excluding carboxylic acids is 1. The van der Waals surface area contributed by atoms with Crippen LogP contribution in [-0.2, 0) is 4.79 Å². The molecule has 0 spiro atoms. The molecule has 2 aliphatic carbocycles. The third-order valence-electron chi connectivity index (χ3n) is 5.68. The van der Waals surface area contributed by atoms with E-state index >= 15 is 0 Å². The highest BCUT2D eigenvalue weighted by atomic mass is 16.3. The van der Waals surface area contributed by atoms with E-state index in [2.05, 4.69) is 25.7 Å². The zero-order valence-corrected chi connectivity index (χ0v) is 14.0. The highest BCUT2D eigenvalue weighted by Crippen LogP contribution is 2.54. The fourth-order valence-corrected chi connectivity index (χ4v) is 4.67. The zero-order chi connectivity index (χ0) is 15.7. The van der Waals surface area contributed by atoms with Gasteiger partial charge in [0, 0.05) is 18.8 Å². The summed E-state index contributed by atoms with van der Waals surface area (Å²) in [6, 6.07) is 0. The quantitative estimate of drug-likeness (QED) is 0.782. The minimum atomic E-state index is -0.903. The molecule has 0 amide bonds. The van der Waals surface area contributed by atoms with E-state index in [-0.39, 0.29) is 11.3 Å². The maximum absolute atomic E-state index is 12.3. The smallest absolute Gasteiger partial charge is 0.136 e. The van der Waals surface area contributed by atoms with Crippen LogP contribution in [-0.4, -0.2) is 16.5 Å². The number of aliphatic hydroxyl groups is 1. The van der Waals surface area contributed by atoms with Gasteiger partial charge in [0.25, 0.3) is 0 Å². The fraction of sp³-hybridized carbons (Fsp3) is 0.842. The standard InChI is InChI=1S/C19H30O2/c1-14(8-6-12-18(2,3)21)15-9-5-10-16-17(20)11-7-13-19(15,16)4/h14-16,21H,5,7-11,13H2,1-4H3/t14-,15-,16+,19-/m1/s1. The Morgan fingerprint density at radius 1 is 1.38 bits per heavy atom. The second-order valence-corrected chi connectivity index (χ2v) is 7.96. The predicted octanol–water partition coefficient (Wildman–Crippen LogP) is 3.96. The molecule has 0 aromatic rings. The van der Waals surface area contributed by atoms with Gasteiger partial charge in [-0.1, -0.05) is 26.2 Å². The van der Waals surface area contributed by atoms with Crippen molar-refractivity contribution in [2.45, 2.75) is 78.2 Å². The van der Waals surface area contributed by atoms with Crippen LogP contribution in [0.3, 0.4) is 0 Å². The lowest BCUT2D eigenvalue weighted by molar-refractivity contribution is -0.137. The van der Waals surface area contributed by atoms with Crippen LogP contribution in [0.5, 0.6) is 0 Å². The maximum atomic E-state index is 12.3. The summed E-state index contributed by atoms with van der Waals surface area (Å²) in [4.78, 5) is 12.3. The molecule has 0 aromatic carbocycles. The molecule has 21 heavy (non-hydrogen) atoms. The first-order valence-corrected chi connectivity index (χ1v) is 8.49. The van der Waals surface area contributed by atoms with Crippen LogP contribution in [0, 0.1) is 35.0 Å². The molecule has 2 heteroatoms. The van der Waals surface area contributed by atoms with Crippen molar-refractivity contribution in [3.05, 3.63) is 0 Å². The minimum Gasteiger partial charge on any atom is -0.378 e. The molecule has 0 saturated heterocycles. The summed E-state index contributed by atoms with van der Waals surface area (Å²) in [6.07, 6.45) is 7.37. The molecule has 2 rings (SSSR count). The number of carbonyl (C=O) groups is 1. The summed E-state index contributed by atoms with van der Waals surface area (Å²) >= 11 is 0. The number of hydrogen-bond donors (Lipinski definition) is 1. The highest BCUT2D eigenvalue weighted by Gasteiger charge is 2.49. The molecular formula is C19H30O2. The van der Waals surface area contributed by atoms with Crippen molar-refractivity contribution in [1.82, 2.24) is 0 Å². The molecule has 2 fully saturated rings. The summed E-state index contributed by atoms with van der Waals surface area (Å²) in [5, 5.41) is 9.70. The SMILES string of the molecule is C[C@H](CC#CC(C)(C)O)[C@H]1CCC[C@H]2C(=O)CCC[C@]12C. The fourth-order valence-electron chi connectivity index (χ4n) is 4.67. The minimum absolute atomic E-state index is 0.184. The molecule has 4 atom stereocenters. The van der Waals surface area contributed by atoms with Gasteiger partial charge >= 0.3 is 0 Å². The number of hydrogen-bond acceptors (Lipinski definition) is 2. The molecule has 0 radical (unpaired) electrons. The first kappa shape index (κ1) is 16.6. The number of rotatable bonds is 2. The van der Waals surface area contributed by atoms with Crippen molar-refractivity contribution < 1.29 is 9.90 Å². The third kappa shape index (κ3) is 3.69. The Balaban J connectivity index is 2.10. The van der Waals surface area contributed by atoms with E-state index in [0.29, 0.717) is 17.6 Å². The number of fused-ring (bicyclic) bond motifs is 1. The van der Waals surface area contributed by atoms with Crippen molar-refractivity contribution >= 4 is 5.78 Å². The van der Waals surface area contributed by atoms with Crippen LogP contribution >= 0.6 is 0 Å². The van der Waals surface area contributed by atoms with Gasteiger partial charge in [0.15, 0.2) is 0 Å². The largest absolute Gasteiger partial charge is 0.378 e. The molecule has 0 aromatic heterocycles. The number of Topliss-reactive ketones (excluding diaryl/α,β-unsaturated/α-hetero) is 1. The number of ketones is 1. The topological polar surface area (TPSA) is 37.3 Å². The summed E-state index contributed by atoms with van der Waals surface area (Å²) in [5.74, 6) is 7.97. The van der Waals surface area contributed by atoms with Gasteiger partial charge in [-0.05, 0) is 56.8 Å². The molecular weight excluding hydrogens is 260 g/mol. The average molecular weight is 290 g/mol. The molecule has 2 aliphatic rings. The van der Waals surface area contributed by atoms with Gasteiger partial charge in [-0.3, -0.25) is 4.79 Å². The summed E-state index contributed by atoms with van der Waals surface area (Å²) in [7, 11) is 0. The van der Waals surface area contributed by atoms with Crippen LogP contribution in [0.1, 0.15) is 72.6 Å². The lowest BCUT2D eigenvalue weighted by atomic mass is 9.52. The van der Waals surface area contributed by atoms with Gasteiger partial charge in [-0.25, -0.2) is 0 Å². The van der Waals surface area contributed by atoms with Gasteiger partial charge in [0.2, 0.25) is 0 Å². The maximum Gasteiger partial charge on any atom is 0.136 e. The Hall–Kier alpha value is -0.810. The Bertz CT molecular complexity index is 448. The van der Waals surface area contributed by atoms with Crippen molar-refractivity contribution in [2.75, 3.05) is 0 Å². The van der Waals surface area contributed by atoms with Gasteiger partial charge < -0.3 is 5.11 Å². The zero-order valence-electron chi connectivity index (χ0n) is 14.0. The van der Waals surface area contributed by atoms with Crippen LogP contribution < -0.4 is 0 Å². The normalized spacial score (nSPS) is 34.6. The van der Waals surface area contributed by atoms with Crippen LogP contribution in [0.4, 0.5) is 0 Å². The summed E-state index contributed by atoms with van der Waals surface area (Å²) in [6.45, 7) is 8.07. The lowest BCUT2D eigenvalue weighted by Crippen LogP contribution is -2.47. The molecule has 2 saturated carbocycles. The second kappa shape index (κ2) is 6.13. The molecule has 0 heterocycles. The molecule has 0 unspecified atom stereocenters. The third-order valence-corrected chi connectivity index (χ3v) is 5.68. The molecule has 118 valence electrons. The van der Waals surface area contributed by atoms with Gasteiger partial charge in [0.1, 0.15) is 11.4 Å². The van der Waals surface area contributed by atoms with E-state index in [0.717, 1.165) is 25.7 Å². The van der Waals surface area contributed by atoms with Gasteiger partial charge in [-0.2, -0.15) is 0 Å². The second-order valence-electron chi connectivity index (χ2n) is 7.96. The van der Waals surface area contributed by atoms with E-state index in [4.69, 9.17) is 0 Å². The van der Waals surface area contributed by atoms with Crippen molar-refractivity contribution in [1.29, 1.82) is 0 Å². The predicted molar refractivity (Wildman–Crippen MR) is 85.7 cm³/mol. The van der Waals surface area contributed by atoms with Crippen LogP contribution in [0.15, 0.2) is 0 Å². The van der Waals surface area contributed by atoms with E-state index in [9.17, 15) is 9.90 Å². The van der Waals surface area contributed by atoms with Crippen molar-refractivity contribution in [2.24, 2.45) is 23.2 Å². The Kier molecular flexibility index (Phi) is 4.83. The van der Waals surface area contributed by atoms with E-state index < -0.39 is 5.60 Å². The Morgan fingerprint density at radius 2 is 2.10 bits per heavy atom. The lowest BCUT2D eigenvalue weighted by Gasteiger charge is -2.51. The van der Waals surface area contributed by atoms with Crippen LogP contribution in [0.2, 0.25) is 0 Å². The van der Waals surface area contributed by atoms with Gasteiger partial charge in [0.05, 0.1) is 0 Å². The molecule has 2 nitrogen and oxygen atoms in total. The molecule has 0 bridgehead atoms. The average Bonchev–Trinajstić information content (AvgIpc) is 2.36. The summed E-state index contributed by atoms with van der Waals surface area (Å²) in [5.41, 5.74) is -0.719. The first-order chi connectivity index (χ1) is 9.74. The van der Waals surface area contributed by atoms with E-state index in [1.54, 1.807) is 13.8 Å². The van der Waals surface area contributed by atoms with E-state index in [1.165, 1.54) is 19.3 Å². The van der Waals surface area contributed by atoms with Crippen molar-refractivity contribution in [3.63, 3.8) is 0 Å². The summed E-state index contributed by atoms with van der Waals surface area (Å²) < 4.78 is 0. The Morgan fingerprint density at radius 3 is 2.76 bits per heavy atom. The molecule has 1 N–H and O–H groups in total. The highest BCUT2D eigenvalue weighted by molar-refractivity contribution is 5.82. The van der Waals surface area contributed by atoms with Crippen LogP contribution in [0.25, 0.3) is 0 Å². The van der Waals surface area contributed by atoms with Crippen molar-refractivity contribution in [3.8, 4) is 11.8 Å². The monoisotopic (exact) mass is 290 g/mol. The molecule has 0 aliphatic heterocycles.